The van der Waals surface area contributed by atoms with Gasteiger partial charge in [-0.05, 0) is 12.1 Å². The number of H-pyrrole nitrogens is 1. The summed E-state index contributed by atoms with van der Waals surface area (Å²) in [7, 11) is 0. The molecule has 0 fully saturated rings. The topological polar surface area (TPSA) is 75.1 Å². The monoisotopic (exact) mass is 294 g/mol. The highest BCUT2D eigenvalue weighted by atomic mass is 32.1. The van der Waals surface area contributed by atoms with E-state index in [1.165, 1.54) is 11.3 Å². The number of hydrogen-bond acceptors (Lipinski definition) is 4. The van der Waals surface area contributed by atoms with Crippen LogP contribution in [-0.2, 0) is 6.54 Å². The minimum absolute atomic E-state index is 0.0112. The number of halogens is 1. The van der Waals surface area contributed by atoms with Gasteiger partial charge in [0.1, 0.15) is 0 Å². The van der Waals surface area contributed by atoms with Crippen LogP contribution in [0.5, 0.6) is 0 Å². The van der Waals surface area contributed by atoms with Crippen molar-refractivity contribution in [2.24, 2.45) is 0 Å². The number of nitrogens with zero attached hydrogens (tertiary/aromatic N) is 1. The molecule has 20 heavy (non-hydrogen) atoms. The predicted molar refractivity (Wildman–Crippen MR) is 73.3 cm³/mol. The molecule has 2 N–H and O–H groups in total. The van der Waals surface area contributed by atoms with Crippen LogP contribution in [-0.4, -0.2) is 21.3 Å². The lowest BCUT2D eigenvalue weighted by Crippen LogP contribution is -2.31. The molecular weight excluding hydrogens is 283 g/mol. The summed E-state index contributed by atoms with van der Waals surface area (Å²) < 4.78 is 14.2. The number of thiophene rings is 1. The van der Waals surface area contributed by atoms with Gasteiger partial charge in [-0.1, -0.05) is 11.8 Å². The highest BCUT2D eigenvalue weighted by molar-refractivity contribution is 7.12. The summed E-state index contributed by atoms with van der Waals surface area (Å²) in [6.07, 6.45) is 1.29. The zero-order valence-electron chi connectivity index (χ0n) is 10.4. The van der Waals surface area contributed by atoms with Crippen LogP contribution in [0.1, 0.15) is 16.2 Å². The van der Waals surface area contributed by atoms with Crippen molar-refractivity contribution >= 4 is 11.3 Å². The molecule has 0 aliphatic heterocycles. The Morgan fingerprint density at radius 2 is 2.20 bits per heavy atom. The minimum atomic E-state index is -1.02. The Bertz CT molecular complexity index is 779. The van der Waals surface area contributed by atoms with Crippen LogP contribution in [0.2, 0.25) is 0 Å². The molecule has 0 spiro atoms. The van der Waals surface area contributed by atoms with Gasteiger partial charge < -0.3 is 5.11 Å². The van der Waals surface area contributed by atoms with Gasteiger partial charge in [-0.15, -0.1) is 11.3 Å². The Labute approximate surface area is 117 Å². The number of aliphatic hydroxyl groups excluding tert-OH is 1. The van der Waals surface area contributed by atoms with Gasteiger partial charge in [0.2, 0.25) is 5.82 Å². The molecule has 0 amide bonds. The number of aromatic amines is 1. The lowest BCUT2D eigenvalue weighted by atomic mass is 10.4. The summed E-state index contributed by atoms with van der Waals surface area (Å²) in [6, 6.07) is 3.57. The SMILES string of the molecule is O=c1[nH]c(=O)n(Cc2ccc(C#CCCO)s2)cc1F. The Morgan fingerprint density at radius 3 is 2.95 bits per heavy atom. The first-order valence-electron chi connectivity index (χ1n) is 5.78. The molecule has 2 aromatic rings. The van der Waals surface area contributed by atoms with E-state index < -0.39 is 17.1 Å². The van der Waals surface area contributed by atoms with Gasteiger partial charge >= 0.3 is 5.69 Å². The van der Waals surface area contributed by atoms with E-state index in [4.69, 9.17) is 5.11 Å². The molecule has 0 saturated carbocycles. The molecule has 0 atom stereocenters. The number of rotatable bonds is 3. The summed E-state index contributed by atoms with van der Waals surface area (Å²) >= 11 is 1.37. The standard InChI is InChI=1S/C13H11FN2O3S/c14-11-8-16(13(19)15-12(11)18)7-10-5-4-9(20-10)3-1-2-6-17/h4-5,8,17H,2,6-7H2,(H,15,18,19). The lowest BCUT2D eigenvalue weighted by molar-refractivity contribution is 0.305. The number of aliphatic hydroxyl groups is 1. The normalized spacial score (nSPS) is 10.1. The molecule has 2 rings (SSSR count). The second-order valence-electron chi connectivity index (χ2n) is 3.91. The van der Waals surface area contributed by atoms with Gasteiger partial charge in [-0.25, -0.2) is 4.79 Å². The highest BCUT2D eigenvalue weighted by Gasteiger charge is 2.05. The molecule has 0 radical (unpaired) electrons. The minimum Gasteiger partial charge on any atom is -0.395 e. The maximum atomic E-state index is 13.1. The van der Waals surface area contributed by atoms with E-state index in [0.717, 1.165) is 20.5 Å². The summed E-state index contributed by atoms with van der Waals surface area (Å²) in [5.74, 6) is 4.67. The van der Waals surface area contributed by atoms with Crippen LogP contribution in [0.25, 0.3) is 0 Å². The average Bonchev–Trinajstić information content (AvgIpc) is 2.84. The average molecular weight is 294 g/mol. The fraction of sp³-hybridized carbons (Fsp3) is 0.231. The van der Waals surface area contributed by atoms with Crippen LogP contribution in [0, 0.1) is 17.7 Å². The Kier molecular flexibility index (Phi) is 4.50. The number of aromatic nitrogens is 2. The summed E-state index contributed by atoms with van der Waals surface area (Å²) in [6.45, 7) is 0.177. The summed E-state index contributed by atoms with van der Waals surface area (Å²) in [5, 5.41) is 8.62. The van der Waals surface area contributed by atoms with E-state index in [2.05, 4.69) is 11.8 Å². The molecule has 104 valence electrons. The van der Waals surface area contributed by atoms with Crippen LogP contribution >= 0.6 is 11.3 Å². The fourth-order valence-electron chi connectivity index (χ4n) is 1.50. The second-order valence-corrected chi connectivity index (χ2v) is 5.07. The molecule has 0 aliphatic rings. The first-order valence-corrected chi connectivity index (χ1v) is 6.59. The molecule has 5 nitrogen and oxygen atoms in total. The molecule has 0 unspecified atom stereocenters. The predicted octanol–water partition coefficient (Wildman–Crippen LogP) is 0.519. The fourth-order valence-corrected chi connectivity index (χ4v) is 2.39. The van der Waals surface area contributed by atoms with Crippen molar-refractivity contribution in [2.75, 3.05) is 6.61 Å². The van der Waals surface area contributed by atoms with E-state index in [0.29, 0.717) is 6.42 Å². The highest BCUT2D eigenvalue weighted by Crippen LogP contribution is 2.16. The molecule has 0 bridgehead atoms. The van der Waals surface area contributed by atoms with Crippen molar-refractivity contribution in [1.29, 1.82) is 0 Å². The maximum Gasteiger partial charge on any atom is 0.328 e. The van der Waals surface area contributed by atoms with Crippen molar-refractivity contribution in [1.82, 2.24) is 9.55 Å². The smallest absolute Gasteiger partial charge is 0.328 e. The van der Waals surface area contributed by atoms with E-state index >= 15 is 0 Å². The molecular formula is C13H11FN2O3S. The Hall–Kier alpha value is -2.17. The van der Waals surface area contributed by atoms with Gasteiger partial charge in [0.15, 0.2) is 0 Å². The Balaban J connectivity index is 2.20. The molecule has 0 aromatic carbocycles. The molecule has 2 aromatic heterocycles. The van der Waals surface area contributed by atoms with Gasteiger partial charge in [0.05, 0.1) is 24.2 Å². The second kappa shape index (κ2) is 6.32. The van der Waals surface area contributed by atoms with Crippen molar-refractivity contribution < 1.29 is 9.50 Å². The maximum absolute atomic E-state index is 13.1. The van der Waals surface area contributed by atoms with E-state index in [-0.39, 0.29) is 13.2 Å². The molecule has 0 saturated heterocycles. The van der Waals surface area contributed by atoms with Gasteiger partial charge in [0, 0.05) is 11.3 Å². The van der Waals surface area contributed by atoms with Crippen LogP contribution in [0.15, 0.2) is 27.9 Å². The van der Waals surface area contributed by atoms with E-state index in [9.17, 15) is 14.0 Å². The van der Waals surface area contributed by atoms with E-state index in [1.54, 1.807) is 12.1 Å². The third-order valence-corrected chi connectivity index (χ3v) is 3.39. The first kappa shape index (κ1) is 14.2. The number of nitrogens with one attached hydrogen (secondary N) is 1. The zero-order chi connectivity index (χ0) is 14.5. The van der Waals surface area contributed by atoms with Crippen LogP contribution in [0.3, 0.4) is 0 Å². The van der Waals surface area contributed by atoms with Gasteiger partial charge in [-0.3, -0.25) is 14.3 Å². The first-order chi connectivity index (χ1) is 9.60. The third kappa shape index (κ3) is 3.44. The van der Waals surface area contributed by atoms with Crippen molar-refractivity contribution in [3.05, 3.63) is 54.7 Å². The number of hydrogen-bond donors (Lipinski definition) is 2. The van der Waals surface area contributed by atoms with Gasteiger partial charge in [-0.2, -0.15) is 4.39 Å². The van der Waals surface area contributed by atoms with Crippen LogP contribution in [0.4, 0.5) is 4.39 Å². The van der Waals surface area contributed by atoms with E-state index in [1.807, 2.05) is 4.98 Å². The molecule has 2 heterocycles. The van der Waals surface area contributed by atoms with Gasteiger partial charge in [0.25, 0.3) is 5.56 Å². The third-order valence-electron chi connectivity index (χ3n) is 2.40. The largest absolute Gasteiger partial charge is 0.395 e. The van der Waals surface area contributed by atoms with Crippen molar-refractivity contribution in [3.63, 3.8) is 0 Å². The molecule has 7 heteroatoms. The van der Waals surface area contributed by atoms with Crippen molar-refractivity contribution in [3.8, 4) is 11.8 Å². The van der Waals surface area contributed by atoms with Crippen LogP contribution < -0.4 is 11.2 Å². The lowest BCUT2D eigenvalue weighted by Gasteiger charge is -2.01. The summed E-state index contributed by atoms with van der Waals surface area (Å²) in [4.78, 5) is 25.9. The van der Waals surface area contributed by atoms with Crippen molar-refractivity contribution in [2.45, 2.75) is 13.0 Å². The molecule has 0 aliphatic carbocycles. The quantitative estimate of drug-likeness (QED) is 0.810. The summed E-state index contributed by atoms with van der Waals surface area (Å²) in [5.41, 5.74) is -1.68. The Morgan fingerprint density at radius 1 is 1.40 bits per heavy atom. The zero-order valence-corrected chi connectivity index (χ0v) is 11.2.